The lowest BCUT2D eigenvalue weighted by Gasteiger charge is -2.30. The highest BCUT2D eigenvalue weighted by molar-refractivity contribution is 6.20. The zero-order valence-electron chi connectivity index (χ0n) is 23.2. The average Bonchev–Trinajstić information content (AvgIpc) is 3.45. The minimum absolute atomic E-state index is 0.260. The summed E-state index contributed by atoms with van der Waals surface area (Å²) in [6, 6.07) is 20.9. The molecule has 2 amide bonds. The second-order valence-electron chi connectivity index (χ2n) is 10.9. The van der Waals surface area contributed by atoms with Gasteiger partial charge in [-0.05, 0) is 36.6 Å². The Hall–Kier alpha value is -4.02. The highest BCUT2D eigenvalue weighted by atomic mass is 19.4. The fourth-order valence-corrected chi connectivity index (χ4v) is 5.72. The van der Waals surface area contributed by atoms with Gasteiger partial charge >= 0.3 is 6.18 Å². The molecule has 42 heavy (non-hydrogen) atoms. The summed E-state index contributed by atoms with van der Waals surface area (Å²) in [5, 5.41) is 16.7. The number of aliphatic imine (C=N–C) groups is 1. The Balaban J connectivity index is 1.40. The highest BCUT2D eigenvalue weighted by Gasteiger charge is 2.43. The van der Waals surface area contributed by atoms with Crippen molar-refractivity contribution in [3.05, 3.63) is 101 Å². The van der Waals surface area contributed by atoms with Gasteiger partial charge in [0.25, 0.3) is 5.91 Å². The third-order valence-corrected chi connectivity index (χ3v) is 8.12. The number of nitrogens with one attached hydrogen (secondary N) is 2. The van der Waals surface area contributed by atoms with Gasteiger partial charge < -0.3 is 20.6 Å². The van der Waals surface area contributed by atoms with Crippen molar-refractivity contribution in [1.29, 1.82) is 0 Å². The molecule has 3 N–H and O–H groups in total. The van der Waals surface area contributed by atoms with Crippen molar-refractivity contribution in [3.63, 3.8) is 0 Å². The molecule has 0 saturated heterocycles. The Morgan fingerprint density at radius 2 is 1.67 bits per heavy atom. The second-order valence-corrected chi connectivity index (χ2v) is 10.9. The molecule has 10 heteroatoms. The largest absolute Gasteiger partial charge is 0.416 e. The summed E-state index contributed by atoms with van der Waals surface area (Å²) < 4.78 is 39.7. The molecule has 220 valence electrons. The number of likely N-dealkylation sites (N-methyl/N-ethyl adjacent to an activating group) is 1. The van der Waals surface area contributed by atoms with Crippen LogP contribution in [0.1, 0.15) is 54.0 Å². The summed E-state index contributed by atoms with van der Waals surface area (Å²) in [5.41, 5.74) is 0.990. The number of anilines is 1. The number of fused-ring (bicyclic) bond motifs is 1. The van der Waals surface area contributed by atoms with E-state index in [0.717, 1.165) is 30.5 Å². The molecular formula is C32H33F3N4O3. The van der Waals surface area contributed by atoms with Crippen LogP contribution in [0.4, 0.5) is 18.9 Å². The lowest BCUT2D eigenvalue weighted by Crippen LogP contribution is -2.53. The van der Waals surface area contributed by atoms with Crippen molar-refractivity contribution in [3.8, 4) is 0 Å². The predicted octanol–water partition coefficient (Wildman–Crippen LogP) is 4.85. The van der Waals surface area contributed by atoms with Gasteiger partial charge in [0.15, 0.2) is 0 Å². The number of rotatable bonds is 8. The molecule has 2 aliphatic rings. The Morgan fingerprint density at radius 1 is 1.02 bits per heavy atom. The van der Waals surface area contributed by atoms with Crippen molar-refractivity contribution < 1.29 is 27.9 Å². The quantitative estimate of drug-likeness (QED) is 0.357. The maximum absolute atomic E-state index is 13.8. The van der Waals surface area contributed by atoms with Crippen molar-refractivity contribution in [2.75, 3.05) is 25.0 Å². The van der Waals surface area contributed by atoms with Crippen LogP contribution < -0.4 is 15.5 Å². The van der Waals surface area contributed by atoms with Crippen LogP contribution in [-0.4, -0.2) is 48.9 Å². The number of amides is 2. The molecular weight excluding hydrogens is 545 g/mol. The zero-order valence-corrected chi connectivity index (χ0v) is 23.2. The Kier molecular flexibility index (Phi) is 8.47. The fourth-order valence-electron chi connectivity index (χ4n) is 5.72. The molecule has 0 radical (unpaired) electrons. The van der Waals surface area contributed by atoms with E-state index in [1.807, 2.05) is 30.3 Å². The fraction of sp³-hybridized carbons (Fsp3) is 0.344. The number of para-hydroxylation sites is 1. The van der Waals surface area contributed by atoms with Gasteiger partial charge in [0.2, 0.25) is 12.1 Å². The molecule has 2 atom stereocenters. The molecule has 2 unspecified atom stereocenters. The van der Waals surface area contributed by atoms with Gasteiger partial charge in [0, 0.05) is 31.3 Å². The van der Waals surface area contributed by atoms with E-state index in [9.17, 15) is 27.9 Å². The zero-order chi connectivity index (χ0) is 29.9. The van der Waals surface area contributed by atoms with Crippen LogP contribution in [0.5, 0.6) is 0 Å². The van der Waals surface area contributed by atoms with Crippen molar-refractivity contribution in [1.82, 2.24) is 10.6 Å². The minimum Gasteiger partial charge on any atom is -0.387 e. The van der Waals surface area contributed by atoms with E-state index in [0.29, 0.717) is 41.9 Å². The van der Waals surface area contributed by atoms with E-state index in [1.54, 1.807) is 31.3 Å². The Bertz CT molecular complexity index is 1450. The summed E-state index contributed by atoms with van der Waals surface area (Å²) >= 11 is 0. The molecule has 3 aromatic carbocycles. The van der Waals surface area contributed by atoms with Crippen LogP contribution >= 0.6 is 0 Å². The highest BCUT2D eigenvalue weighted by Crippen LogP contribution is 2.38. The average molecular weight is 579 g/mol. The first-order chi connectivity index (χ1) is 20.1. The van der Waals surface area contributed by atoms with Gasteiger partial charge in [-0.1, -0.05) is 73.5 Å². The first-order valence-electron chi connectivity index (χ1n) is 14.0. The van der Waals surface area contributed by atoms with Crippen molar-refractivity contribution >= 4 is 23.2 Å². The van der Waals surface area contributed by atoms with Crippen molar-refractivity contribution in [2.24, 2.45) is 10.4 Å². The topological polar surface area (TPSA) is 94.0 Å². The molecule has 0 spiro atoms. The molecule has 0 aromatic heterocycles. The first-order valence-corrected chi connectivity index (χ1v) is 14.0. The normalized spacial score (nSPS) is 19.1. The SMILES string of the molecule is CN1C(=O)C(NC(=O)C2(CNCC(O)c3ccccc3)CCCC2)N=C(c2ccc(C(F)(F)F)cc2)c2ccccc21. The number of carbonyl (C=O) groups excluding carboxylic acids is 2. The van der Waals surface area contributed by atoms with Crippen LogP contribution in [0.2, 0.25) is 0 Å². The number of aliphatic hydroxyl groups is 1. The molecule has 1 fully saturated rings. The Morgan fingerprint density at radius 3 is 2.33 bits per heavy atom. The molecule has 1 saturated carbocycles. The second kappa shape index (κ2) is 12.1. The smallest absolute Gasteiger partial charge is 0.387 e. The molecule has 1 heterocycles. The lowest BCUT2D eigenvalue weighted by atomic mass is 9.84. The summed E-state index contributed by atoms with van der Waals surface area (Å²) in [6.07, 6.45) is -3.59. The van der Waals surface area contributed by atoms with Gasteiger partial charge in [0.1, 0.15) is 0 Å². The van der Waals surface area contributed by atoms with Crippen LogP contribution in [0.25, 0.3) is 0 Å². The summed E-state index contributed by atoms with van der Waals surface area (Å²) in [5.74, 6) is -0.784. The molecule has 7 nitrogen and oxygen atoms in total. The monoisotopic (exact) mass is 578 g/mol. The molecule has 5 rings (SSSR count). The number of nitrogens with zero attached hydrogens (tertiary/aromatic N) is 2. The number of alkyl halides is 3. The molecule has 1 aliphatic heterocycles. The van der Waals surface area contributed by atoms with Crippen LogP contribution in [0.15, 0.2) is 83.9 Å². The van der Waals surface area contributed by atoms with Crippen LogP contribution in [0, 0.1) is 5.41 Å². The third kappa shape index (κ3) is 6.10. The maximum Gasteiger partial charge on any atom is 0.416 e. The predicted molar refractivity (Wildman–Crippen MR) is 154 cm³/mol. The van der Waals surface area contributed by atoms with E-state index in [2.05, 4.69) is 15.6 Å². The Labute approximate surface area is 242 Å². The van der Waals surface area contributed by atoms with Crippen molar-refractivity contribution in [2.45, 2.75) is 44.1 Å². The number of benzodiazepines with no additional fused rings is 1. The van der Waals surface area contributed by atoms with E-state index in [4.69, 9.17) is 0 Å². The summed E-state index contributed by atoms with van der Waals surface area (Å²) in [7, 11) is 1.59. The number of benzene rings is 3. The minimum atomic E-state index is -4.49. The number of halogens is 3. The van der Waals surface area contributed by atoms with E-state index in [1.165, 1.54) is 17.0 Å². The van der Waals surface area contributed by atoms with E-state index in [-0.39, 0.29) is 12.5 Å². The van der Waals surface area contributed by atoms with E-state index >= 15 is 0 Å². The van der Waals surface area contributed by atoms with Crippen LogP contribution in [0.3, 0.4) is 0 Å². The van der Waals surface area contributed by atoms with Crippen LogP contribution in [-0.2, 0) is 15.8 Å². The standard InChI is InChI=1S/C32H33F3N4O3/c1-39-25-12-6-5-11-24(25)27(22-13-15-23(16-14-22)32(33,34)35)37-28(29(39)41)38-30(42)31(17-7-8-18-31)20-36-19-26(40)21-9-3-2-4-10-21/h2-6,9-16,26,28,36,40H,7-8,17-20H2,1H3,(H,38,42). The van der Waals surface area contributed by atoms with Gasteiger partial charge in [-0.2, -0.15) is 13.2 Å². The van der Waals surface area contributed by atoms with Gasteiger partial charge in [-0.3, -0.25) is 9.59 Å². The molecule has 1 aliphatic carbocycles. The van der Waals surface area contributed by atoms with Gasteiger partial charge in [-0.15, -0.1) is 0 Å². The van der Waals surface area contributed by atoms with Gasteiger partial charge in [-0.25, -0.2) is 4.99 Å². The molecule has 3 aromatic rings. The summed E-state index contributed by atoms with van der Waals surface area (Å²) in [4.78, 5) is 33.5. The van der Waals surface area contributed by atoms with E-state index < -0.39 is 35.3 Å². The first kappa shape index (κ1) is 29.5. The molecule has 0 bridgehead atoms. The van der Waals surface area contributed by atoms with Gasteiger partial charge in [0.05, 0.1) is 28.5 Å². The number of hydrogen-bond donors (Lipinski definition) is 3. The lowest BCUT2D eigenvalue weighted by molar-refractivity contribution is -0.137. The third-order valence-electron chi connectivity index (χ3n) is 8.12. The number of carbonyl (C=O) groups is 2. The maximum atomic E-state index is 13.8. The summed E-state index contributed by atoms with van der Waals surface area (Å²) in [6.45, 7) is 0.574. The number of hydrogen-bond acceptors (Lipinski definition) is 5. The number of aliphatic hydroxyl groups excluding tert-OH is 1.